The van der Waals surface area contributed by atoms with Crippen molar-refractivity contribution in [2.45, 2.75) is 17.3 Å². The SMILES string of the molecule is O=C(NCC1COc2ccccc2C1)c1ccc(CSc2ncccn2)o1. The molecule has 1 atom stereocenters. The quantitative estimate of drug-likeness (QED) is 0.521. The Kier molecular flexibility index (Phi) is 5.39. The Bertz CT molecular complexity index is 914. The minimum Gasteiger partial charge on any atom is -0.493 e. The molecular weight excluding hydrogens is 362 g/mol. The molecule has 1 aliphatic heterocycles. The Morgan fingerprint density at radius 2 is 2.00 bits per heavy atom. The zero-order valence-electron chi connectivity index (χ0n) is 14.6. The number of benzene rings is 1. The van der Waals surface area contributed by atoms with Gasteiger partial charge in [0.2, 0.25) is 0 Å². The molecule has 0 radical (unpaired) electrons. The van der Waals surface area contributed by atoms with E-state index in [0.29, 0.717) is 35.6 Å². The van der Waals surface area contributed by atoms with Crippen molar-refractivity contribution in [2.24, 2.45) is 5.92 Å². The molecule has 27 heavy (non-hydrogen) atoms. The van der Waals surface area contributed by atoms with Gasteiger partial charge in [-0.05, 0) is 36.2 Å². The van der Waals surface area contributed by atoms with E-state index in [1.54, 1.807) is 24.5 Å². The van der Waals surface area contributed by atoms with Crippen LogP contribution in [0.2, 0.25) is 0 Å². The molecule has 0 saturated heterocycles. The average Bonchev–Trinajstić information content (AvgIpc) is 3.20. The molecule has 0 saturated carbocycles. The maximum Gasteiger partial charge on any atom is 0.287 e. The number of carbonyl (C=O) groups excluding carboxylic acids is 1. The second kappa shape index (κ2) is 8.26. The molecule has 0 fully saturated rings. The second-order valence-corrected chi connectivity index (χ2v) is 7.23. The van der Waals surface area contributed by atoms with E-state index >= 15 is 0 Å². The maximum absolute atomic E-state index is 12.3. The van der Waals surface area contributed by atoms with E-state index in [-0.39, 0.29) is 11.8 Å². The van der Waals surface area contributed by atoms with Gasteiger partial charge in [0, 0.05) is 24.9 Å². The third-order valence-corrected chi connectivity index (χ3v) is 5.18. The fourth-order valence-electron chi connectivity index (χ4n) is 2.92. The van der Waals surface area contributed by atoms with E-state index in [2.05, 4.69) is 21.4 Å². The van der Waals surface area contributed by atoms with Crippen LogP contribution in [0.1, 0.15) is 21.9 Å². The van der Waals surface area contributed by atoms with Crippen LogP contribution in [-0.4, -0.2) is 29.0 Å². The van der Waals surface area contributed by atoms with E-state index in [4.69, 9.17) is 9.15 Å². The summed E-state index contributed by atoms with van der Waals surface area (Å²) in [5.74, 6) is 2.59. The minimum absolute atomic E-state index is 0.207. The maximum atomic E-state index is 12.3. The molecule has 3 aromatic rings. The Labute approximate surface area is 161 Å². The van der Waals surface area contributed by atoms with Crippen LogP contribution >= 0.6 is 11.8 Å². The van der Waals surface area contributed by atoms with Crippen LogP contribution in [0.3, 0.4) is 0 Å². The molecule has 2 aromatic heterocycles. The first-order valence-electron chi connectivity index (χ1n) is 8.75. The normalized spacial score (nSPS) is 15.6. The van der Waals surface area contributed by atoms with Gasteiger partial charge in [-0.25, -0.2) is 9.97 Å². The van der Waals surface area contributed by atoms with Crippen LogP contribution in [0, 0.1) is 5.92 Å². The van der Waals surface area contributed by atoms with Crippen LogP contribution in [0.25, 0.3) is 0 Å². The number of aromatic nitrogens is 2. The van der Waals surface area contributed by atoms with Crippen molar-refractivity contribution in [1.82, 2.24) is 15.3 Å². The largest absolute Gasteiger partial charge is 0.493 e. The summed E-state index contributed by atoms with van der Waals surface area (Å²) in [6, 6.07) is 13.3. The molecule has 1 aromatic carbocycles. The average molecular weight is 381 g/mol. The number of rotatable bonds is 6. The molecule has 138 valence electrons. The molecule has 3 heterocycles. The van der Waals surface area contributed by atoms with Gasteiger partial charge in [-0.15, -0.1) is 0 Å². The van der Waals surface area contributed by atoms with Crippen molar-refractivity contribution in [2.75, 3.05) is 13.2 Å². The molecule has 0 spiro atoms. The lowest BCUT2D eigenvalue weighted by atomic mass is 9.97. The molecule has 1 unspecified atom stereocenters. The van der Waals surface area contributed by atoms with Gasteiger partial charge < -0.3 is 14.5 Å². The predicted molar refractivity (Wildman–Crippen MR) is 102 cm³/mol. The number of amides is 1. The van der Waals surface area contributed by atoms with Gasteiger partial charge in [-0.2, -0.15) is 0 Å². The van der Waals surface area contributed by atoms with Gasteiger partial charge in [0.05, 0.1) is 12.4 Å². The number of fused-ring (bicyclic) bond motifs is 1. The molecule has 6 nitrogen and oxygen atoms in total. The van der Waals surface area contributed by atoms with Crippen LogP contribution in [0.15, 0.2) is 64.4 Å². The van der Waals surface area contributed by atoms with Crippen molar-refractivity contribution >= 4 is 17.7 Å². The highest BCUT2D eigenvalue weighted by Crippen LogP contribution is 2.26. The molecule has 4 rings (SSSR count). The first-order valence-corrected chi connectivity index (χ1v) is 9.74. The Morgan fingerprint density at radius 3 is 2.89 bits per heavy atom. The molecule has 7 heteroatoms. The van der Waals surface area contributed by atoms with Gasteiger partial charge in [0.1, 0.15) is 11.5 Å². The lowest BCUT2D eigenvalue weighted by Gasteiger charge is -2.25. The number of hydrogen-bond donors (Lipinski definition) is 1. The zero-order valence-corrected chi connectivity index (χ0v) is 15.4. The van der Waals surface area contributed by atoms with Crippen molar-refractivity contribution in [3.63, 3.8) is 0 Å². The Balaban J connectivity index is 1.27. The van der Waals surface area contributed by atoms with Gasteiger partial charge in [0.25, 0.3) is 5.91 Å². The summed E-state index contributed by atoms with van der Waals surface area (Å²) in [7, 11) is 0. The third-order valence-electron chi connectivity index (χ3n) is 4.28. The lowest BCUT2D eigenvalue weighted by Crippen LogP contribution is -2.34. The summed E-state index contributed by atoms with van der Waals surface area (Å²) in [6.07, 6.45) is 4.29. The Hall–Kier alpha value is -2.80. The van der Waals surface area contributed by atoms with Crippen molar-refractivity contribution < 1.29 is 13.9 Å². The van der Waals surface area contributed by atoms with Gasteiger partial charge >= 0.3 is 0 Å². The second-order valence-electron chi connectivity index (χ2n) is 6.28. The van der Waals surface area contributed by atoms with Crippen molar-refractivity contribution in [1.29, 1.82) is 0 Å². The van der Waals surface area contributed by atoms with Crippen LogP contribution in [0.5, 0.6) is 5.75 Å². The van der Waals surface area contributed by atoms with Crippen LogP contribution in [-0.2, 0) is 12.2 Å². The summed E-state index contributed by atoms with van der Waals surface area (Å²) in [4.78, 5) is 20.6. The summed E-state index contributed by atoms with van der Waals surface area (Å²) in [5.41, 5.74) is 1.18. The molecule has 0 aliphatic carbocycles. The number of para-hydroxylation sites is 1. The highest BCUT2D eigenvalue weighted by atomic mass is 32.2. The molecule has 1 N–H and O–H groups in total. The summed E-state index contributed by atoms with van der Waals surface area (Å²) in [5, 5.41) is 3.62. The van der Waals surface area contributed by atoms with Crippen LogP contribution < -0.4 is 10.1 Å². The highest BCUT2D eigenvalue weighted by molar-refractivity contribution is 7.98. The number of furan rings is 1. The lowest BCUT2D eigenvalue weighted by molar-refractivity contribution is 0.0910. The fourth-order valence-corrected chi connectivity index (χ4v) is 3.62. The third kappa shape index (κ3) is 4.49. The minimum atomic E-state index is -0.207. The number of nitrogens with one attached hydrogen (secondary N) is 1. The van der Waals surface area contributed by atoms with Gasteiger partial charge in [-0.1, -0.05) is 30.0 Å². The summed E-state index contributed by atoms with van der Waals surface area (Å²) < 4.78 is 11.4. The number of thioether (sulfide) groups is 1. The van der Waals surface area contributed by atoms with E-state index in [9.17, 15) is 4.79 Å². The summed E-state index contributed by atoms with van der Waals surface area (Å²) in [6.45, 7) is 1.16. The van der Waals surface area contributed by atoms with Gasteiger partial charge in [0.15, 0.2) is 10.9 Å². The standard InChI is InChI=1S/C20H19N3O3S/c24-19(23-11-14-10-15-4-1-2-5-17(15)25-12-14)18-7-6-16(26-18)13-27-20-21-8-3-9-22-20/h1-9,14H,10-13H2,(H,23,24). The Morgan fingerprint density at radius 1 is 1.15 bits per heavy atom. The molecular formula is C20H19N3O3S. The molecule has 1 amide bonds. The number of carbonyl (C=O) groups is 1. The summed E-state index contributed by atoms with van der Waals surface area (Å²) >= 11 is 1.46. The van der Waals surface area contributed by atoms with Crippen LogP contribution in [0.4, 0.5) is 0 Å². The van der Waals surface area contributed by atoms with E-state index in [1.807, 2.05) is 24.3 Å². The monoisotopic (exact) mass is 381 g/mol. The van der Waals surface area contributed by atoms with Crippen molar-refractivity contribution in [3.05, 3.63) is 71.9 Å². The molecule has 1 aliphatic rings. The first-order chi connectivity index (χ1) is 13.3. The number of hydrogen-bond acceptors (Lipinski definition) is 6. The highest BCUT2D eigenvalue weighted by Gasteiger charge is 2.21. The van der Waals surface area contributed by atoms with E-state index < -0.39 is 0 Å². The number of nitrogens with zero attached hydrogens (tertiary/aromatic N) is 2. The van der Waals surface area contributed by atoms with E-state index in [1.165, 1.54) is 17.3 Å². The van der Waals surface area contributed by atoms with Crippen molar-refractivity contribution in [3.8, 4) is 5.75 Å². The zero-order chi connectivity index (χ0) is 18.5. The number of ether oxygens (including phenoxy) is 1. The predicted octanol–water partition coefficient (Wildman–Crippen LogP) is 3.34. The fraction of sp³-hybridized carbons (Fsp3) is 0.250. The first kappa shape index (κ1) is 17.6. The van der Waals surface area contributed by atoms with Gasteiger partial charge in [-0.3, -0.25) is 4.79 Å². The van der Waals surface area contributed by atoms with E-state index in [0.717, 1.165) is 12.2 Å². The molecule has 0 bridgehead atoms. The topological polar surface area (TPSA) is 77.2 Å². The smallest absolute Gasteiger partial charge is 0.287 e.